The molecular formula is C11H20O2. The molecule has 0 amide bonds. The first-order chi connectivity index (χ1) is 6.36. The van der Waals surface area contributed by atoms with Crippen molar-refractivity contribution < 1.29 is 9.53 Å². The van der Waals surface area contributed by atoms with Gasteiger partial charge in [-0.1, -0.05) is 19.3 Å². The SMILES string of the molecule is COC1CCCCC(C=O)CCC1. The number of ether oxygens (including phenoxy) is 1. The summed E-state index contributed by atoms with van der Waals surface area (Å²) >= 11 is 0. The lowest BCUT2D eigenvalue weighted by Crippen LogP contribution is -2.09. The molecule has 1 aliphatic rings. The minimum atomic E-state index is 0.315. The smallest absolute Gasteiger partial charge is 0.123 e. The summed E-state index contributed by atoms with van der Waals surface area (Å²) in [5.74, 6) is 0.315. The lowest BCUT2D eigenvalue weighted by Gasteiger charge is -2.12. The molecule has 1 rings (SSSR count). The third kappa shape index (κ3) is 3.90. The summed E-state index contributed by atoms with van der Waals surface area (Å²) in [6.45, 7) is 0. The average molecular weight is 184 g/mol. The zero-order valence-electron chi connectivity index (χ0n) is 8.50. The molecule has 2 unspecified atom stereocenters. The molecule has 0 bridgehead atoms. The van der Waals surface area contributed by atoms with Crippen molar-refractivity contribution in [1.82, 2.24) is 0 Å². The summed E-state index contributed by atoms with van der Waals surface area (Å²) in [6.07, 6.45) is 9.54. The third-order valence-electron chi connectivity index (χ3n) is 2.98. The normalized spacial score (nSPS) is 31.5. The summed E-state index contributed by atoms with van der Waals surface area (Å²) in [4.78, 5) is 10.7. The Hall–Kier alpha value is -0.370. The molecule has 0 spiro atoms. The van der Waals surface area contributed by atoms with Crippen LogP contribution in [0.2, 0.25) is 0 Å². The van der Waals surface area contributed by atoms with Crippen LogP contribution in [0, 0.1) is 5.92 Å². The van der Waals surface area contributed by atoms with Gasteiger partial charge in [-0.2, -0.15) is 0 Å². The standard InChI is InChI=1S/C11H20O2/c1-13-11-7-3-2-5-10(9-12)6-4-8-11/h9-11H,2-8H2,1H3. The van der Waals surface area contributed by atoms with Crippen LogP contribution in [0.5, 0.6) is 0 Å². The Bertz CT molecular complexity index is 145. The minimum absolute atomic E-state index is 0.315. The highest BCUT2D eigenvalue weighted by molar-refractivity contribution is 5.53. The van der Waals surface area contributed by atoms with Crippen LogP contribution in [0.15, 0.2) is 0 Å². The van der Waals surface area contributed by atoms with E-state index in [4.69, 9.17) is 4.74 Å². The van der Waals surface area contributed by atoms with E-state index in [1.165, 1.54) is 19.3 Å². The van der Waals surface area contributed by atoms with E-state index >= 15 is 0 Å². The van der Waals surface area contributed by atoms with Crippen LogP contribution in [0.4, 0.5) is 0 Å². The van der Waals surface area contributed by atoms with Gasteiger partial charge in [-0.05, 0) is 25.7 Å². The first-order valence-electron chi connectivity index (χ1n) is 5.35. The minimum Gasteiger partial charge on any atom is -0.381 e. The van der Waals surface area contributed by atoms with Gasteiger partial charge in [0.05, 0.1) is 6.10 Å². The molecule has 0 heterocycles. The monoisotopic (exact) mass is 184 g/mol. The Kier molecular flexibility index (Phi) is 5.06. The van der Waals surface area contributed by atoms with Gasteiger partial charge in [-0.15, -0.1) is 0 Å². The van der Waals surface area contributed by atoms with Gasteiger partial charge < -0.3 is 9.53 Å². The lowest BCUT2D eigenvalue weighted by molar-refractivity contribution is -0.111. The maximum atomic E-state index is 10.7. The van der Waals surface area contributed by atoms with Crippen LogP contribution in [-0.2, 0) is 9.53 Å². The lowest BCUT2D eigenvalue weighted by atomic mass is 9.99. The van der Waals surface area contributed by atoms with E-state index in [0.29, 0.717) is 12.0 Å². The van der Waals surface area contributed by atoms with Crippen molar-refractivity contribution in [2.75, 3.05) is 7.11 Å². The van der Waals surface area contributed by atoms with Crippen LogP contribution in [0.1, 0.15) is 44.9 Å². The number of hydrogen-bond donors (Lipinski definition) is 0. The fraction of sp³-hybridized carbons (Fsp3) is 0.909. The second kappa shape index (κ2) is 6.14. The van der Waals surface area contributed by atoms with Gasteiger partial charge in [0.1, 0.15) is 6.29 Å². The van der Waals surface area contributed by atoms with Gasteiger partial charge in [-0.25, -0.2) is 0 Å². The predicted molar refractivity (Wildman–Crippen MR) is 52.7 cm³/mol. The molecule has 0 aromatic rings. The Labute approximate surface area is 80.7 Å². The molecule has 2 atom stereocenters. The molecule has 0 aromatic heterocycles. The van der Waals surface area contributed by atoms with E-state index in [9.17, 15) is 4.79 Å². The summed E-state index contributed by atoms with van der Waals surface area (Å²) < 4.78 is 5.36. The first-order valence-corrected chi connectivity index (χ1v) is 5.35. The molecule has 1 saturated carbocycles. The molecule has 0 radical (unpaired) electrons. The van der Waals surface area contributed by atoms with Crippen LogP contribution < -0.4 is 0 Å². The molecule has 0 aromatic carbocycles. The topological polar surface area (TPSA) is 26.3 Å². The van der Waals surface area contributed by atoms with Crippen molar-refractivity contribution in [2.24, 2.45) is 5.92 Å². The quantitative estimate of drug-likeness (QED) is 0.616. The number of carbonyl (C=O) groups excluding carboxylic acids is 1. The maximum absolute atomic E-state index is 10.7. The van der Waals surface area contributed by atoms with E-state index in [1.807, 2.05) is 0 Å². The van der Waals surface area contributed by atoms with Gasteiger partial charge in [0.2, 0.25) is 0 Å². The van der Waals surface area contributed by atoms with Crippen LogP contribution >= 0.6 is 0 Å². The molecule has 2 nitrogen and oxygen atoms in total. The zero-order valence-corrected chi connectivity index (χ0v) is 8.50. The van der Waals surface area contributed by atoms with Gasteiger partial charge >= 0.3 is 0 Å². The van der Waals surface area contributed by atoms with Crippen LogP contribution in [0.3, 0.4) is 0 Å². The highest BCUT2D eigenvalue weighted by Gasteiger charge is 2.13. The zero-order chi connectivity index (χ0) is 9.52. The number of rotatable bonds is 2. The van der Waals surface area contributed by atoms with Gasteiger partial charge in [-0.3, -0.25) is 0 Å². The fourth-order valence-corrected chi connectivity index (χ4v) is 2.05. The molecule has 0 aliphatic heterocycles. The second-order valence-corrected chi connectivity index (χ2v) is 3.97. The fourth-order valence-electron chi connectivity index (χ4n) is 2.05. The molecular weight excluding hydrogens is 164 g/mol. The average Bonchev–Trinajstić information content (AvgIpc) is 2.28. The van der Waals surface area contributed by atoms with Crippen molar-refractivity contribution in [1.29, 1.82) is 0 Å². The second-order valence-electron chi connectivity index (χ2n) is 3.97. The third-order valence-corrected chi connectivity index (χ3v) is 2.98. The van der Waals surface area contributed by atoms with Gasteiger partial charge in [0.15, 0.2) is 0 Å². The summed E-state index contributed by atoms with van der Waals surface area (Å²) in [5.41, 5.74) is 0. The van der Waals surface area contributed by atoms with Crippen LogP contribution in [-0.4, -0.2) is 19.5 Å². The Balaban J connectivity index is 2.33. The van der Waals surface area contributed by atoms with Crippen molar-refractivity contribution >= 4 is 6.29 Å². The summed E-state index contributed by atoms with van der Waals surface area (Å²) in [7, 11) is 1.79. The van der Waals surface area contributed by atoms with E-state index in [-0.39, 0.29) is 0 Å². The molecule has 2 heteroatoms. The van der Waals surface area contributed by atoms with Crippen LogP contribution in [0.25, 0.3) is 0 Å². The first kappa shape index (κ1) is 10.7. The van der Waals surface area contributed by atoms with E-state index < -0.39 is 0 Å². The van der Waals surface area contributed by atoms with E-state index in [1.54, 1.807) is 7.11 Å². The number of methoxy groups -OCH3 is 1. The van der Waals surface area contributed by atoms with Crippen molar-refractivity contribution in [3.63, 3.8) is 0 Å². The Morgan fingerprint density at radius 3 is 2.38 bits per heavy atom. The molecule has 1 fully saturated rings. The molecule has 76 valence electrons. The highest BCUT2D eigenvalue weighted by atomic mass is 16.5. The van der Waals surface area contributed by atoms with E-state index in [2.05, 4.69) is 0 Å². The largest absolute Gasteiger partial charge is 0.381 e. The Morgan fingerprint density at radius 2 is 1.69 bits per heavy atom. The maximum Gasteiger partial charge on any atom is 0.123 e. The molecule has 0 saturated heterocycles. The number of aldehydes is 1. The molecule has 0 N–H and O–H groups in total. The van der Waals surface area contributed by atoms with Crippen molar-refractivity contribution in [3.8, 4) is 0 Å². The number of carbonyl (C=O) groups is 1. The van der Waals surface area contributed by atoms with Crippen molar-refractivity contribution in [3.05, 3.63) is 0 Å². The predicted octanol–water partition coefficient (Wildman–Crippen LogP) is 2.56. The van der Waals surface area contributed by atoms with E-state index in [0.717, 1.165) is 32.0 Å². The molecule has 13 heavy (non-hydrogen) atoms. The highest BCUT2D eigenvalue weighted by Crippen LogP contribution is 2.21. The number of hydrogen-bond acceptors (Lipinski definition) is 2. The van der Waals surface area contributed by atoms with Gasteiger partial charge in [0.25, 0.3) is 0 Å². The molecule has 1 aliphatic carbocycles. The Morgan fingerprint density at radius 1 is 1.08 bits per heavy atom. The van der Waals surface area contributed by atoms with Crippen molar-refractivity contribution in [2.45, 2.75) is 51.0 Å². The van der Waals surface area contributed by atoms with Gasteiger partial charge in [0, 0.05) is 13.0 Å². The summed E-state index contributed by atoms with van der Waals surface area (Å²) in [6, 6.07) is 0. The summed E-state index contributed by atoms with van der Waals surface area (Å²) in [5, 5.41) is 0.